The third kappa shape index (κ3) is 3.89. The Bertz CT molecular complexity index is 1080. The minimum absolute atomic E-state index is 0.353. The lowest BCUT2D eigenvalue weighted by atomic mass is 9.87. The Balaban J connectivity index is 1.43. The van der Waals surface area contributed by atoms with Crippen molar-refractivity contribution >= 4 is 5.82 Å². The molecule has 1 atom stereocenters. The highest BCUT2D eigenvalue weighted by molar-refractivity contribution is 5.74. The number of anilines is 1. The number of ether oxygens (including phenoxy) is 1. The van der Waals surface area contributed by atoms with E-state index in [9.17, 15) is 5.26 Å². The molecule has 1 fully saturated rings. The number of fused-ring (bicyclic) bond motifs is 1. The molecular formula is C25H27N5O. The predicted molar refractivity (Wildman–Crippen MR) is 121 cm³/mol. The fraction of sp³-hybridized carbons (Fsp3) is 0.360. The Hall–Kier alpha value is -3.30. The Morgan fingerprint density at radius 2 is 1.71 bits per heavy atom. The van der Waals surface area contributed by atoms with Crippen LogP contribution in [0.1, 0.15) is 30.9 Å². The number of nitrogens with zero attached hydrogens (tertiary/aromatic N) is 4. The zero-order chi connectivity index (χ0) is 21.2. The van der Waals surface area contributed by atoms with Gasteiger partial charge in [0.25, 0.3) is 0 Å². The van der Waals surface area contributed by atoms with E-state index >= 15 is 0 Å². The van der Waals surface area contributed by atoms with E-state index in [1.807, 2.05) is 54.6 Å². The van der Waals surface area contributed by atoms with Crippen LogP contribution in [0.25, 0.3) is 11.3 Å². The first kappa shape index (κ1) is 19.7. The number of para-hydroxylation sites is 1. The van der Waals surface area contributed by atoms with Crippen molar-refractivity contribution in [3.8, 4) is 28.8 Å². The Morgan fingerprint density at radius 1 is 1.00 bits per heavy atom. The first-order valence-electron chi connectivity index (χ1n) is 11.0. The molecule has 0 spiro atoms. The molecular weight excluding hydrogens is 386 g/mol. The van der Waals surface area contributed by atoms with E-state index in [4.69, 9.17) is 9.84 Å². The molecule has 3 aromatic rings. The van der Waals surface area contributed by atoms with Crippen molar-refractivity contribution < 1.29 is 4.74 Å². The molecule has 0 unspecified atom stereocenters. The quantitative estimate of drug-likeness (QED) is 0.658. The molecule has 6 heteroatoms. The van der Waals surface area contributed by atoms with Gasteiger partial charge >= 0.3 is 0 Å². The van der Waals surface area contributed by atoms with Gasteiger partial charge in [0.1, 0.15) is 34.6 Å². The first-order chi connectivity index (χ1) is 15.2. The zero-order valence-corrected chi connectivity index (χ0v) is 17.8. The molecule has 0 bridgehead atoms. The highest BCUT2D eigenvalue weighted by Gasteiger charge is 2.33. The maximum atomic E-state index is 9.93. The number of aromatic nitrogens is 2. The summed E-state index contributed by atoms with van der Waals surface area (Å²) < 4.78 is 8.00. The number of nitrogens with one attached hydrogen (secondary N) is 1. The summed E-state index contributed by atoms with van der Waals surface area (Å²) in [6.07, 6.45) is 3.42. The summed E-state index contributed by atoms with van der Waals surface area (Å²) >= 11 is 0. The van der Waals surface area contributed by atoms with Crippen molar-refractivity contribution in [2.24, 2.45) is 5.92 Å². The summed E-state index contributed by atoms with van der Waals surface area (Å²) in [5.41, 5.74) is 2.31. The molecule has 2 aromatic carbocycles. The van der Waals surface area contributed by atoms with Crippen LogP contribution in [-0.2, 0) is 0 Å². The molecule has 3 heterocycles. The molecule has 0 saturated carbocycles. The summed E-state index contributed by atoms with van der Waals surface area (Å²) in [5.74, 6) is 3.05. The maximum Gasteiger partial charge on any atom is 0.143 e. The predicted octanol–water partition coefficient (Wildman–Crippen LogP) is 4.91. The van der Waals surface area contributed by atoms with Crippen molar-refractivity contribution in [1.29, 1.82) is 5.26 Å². The Labute approximate surface area is 183 Å². The standard InChI is InChI=1S/C25H27N5O/c1-29-15-12-18(13-16-29)23-11-14-27-25-22(17-26)24(28-30(23)25)19-7-9-21(10-8-19)31-20-5-3-2-4-6-20/h2-10,18,23,27H,11-16H2,1H3/t23-/m0/s1. The number of likely N-dealkylation sites (tertiary alicyclic amines) is 1. The molecule has 158 valence electrons. The fourth-order valence-electron chi connectivity index (χ4n) is 4.77. The molecule has 6 nitrogen and oxygen atoms in total. The Morgan fingerprint density at radius 3 is 2.42 bits per heavy atom. The second kappa shape index (κ2) is 8.44. The second-order valence-electron chi connectivity index (χ2n) is 8.49. The number of rotatable bonds is 4. The van der Waals surface area contributed by atoms with Gasteiger partial charge in [-0.1, -0.05) is 18.2 Å². The topological polar surface area (TPSA) is 66.1 Å². The largest absolute Gasteiger partial charge is 0.457 e. The van der Waals surface area contributed by atoms with Crippen molar-refractivity contribution in [2.75, 3.05) is 32.0 Å². The van der Waals surface area contributed by atoms with Crippen molar-refractivity contribution in [3.63, 3.8) is 0 Å². The van der Waals surface area contributed by atoms with Crippen LogP contribution in [0.5, 0.6) is 11.5 Å². The van der Waals surface area contributed by atoms with Gasteiger partial charge in [0.15, 0.2) is 0 Å². The van der Waals surface area contributed by atoms with Gasteiger partial charge in [-0.25, -0.2) is 4.68 Å². The molecule has 5 rings (SSSR count). The first-order valence-corrected chi connectivity index (χ1v) is 11.0. The number of piperidine rings is 1. The van der Waals surface area contributed by atoms with Crippen LogP contribution in [-0.4, -0.2) is 41.4 Å². The van der Waals surface area contributed by atoms with Crippen LogP contribution in [0, 0.1) is 17.2 Å². The minimum atomic E-state index is 0.353. The van der Waals surface area contributed by atoms with Gasteiger partial charge in [0.05, 0.1) is 6.04 Å². The monoisotopic (exact) mass is 413 g/mol. The van der Waals surface area contributed by atoms with Gasteiger partial charge in [0, 0.05) is 12.1 Å². The molecule has 1 N–H and O–H groups in total. The molecule has 2 aliphatic rings. The van der Waals surface area contributed by atoms with Crippen LogP contribution in [0.3, 0.4) is 0 Å². The average molecular weight is 414 g/mol. The van der Waals surface area contributed by atoms with E-state index in [0.717, 1.165) is 54.6 Å². The number of benzene rings is 2. The van der Waals surface area contributed by atoms with Gasteiger partial charge in [-0.2, -0.15) is 10.4 Å². The fourth-order valence-corrected chi connectivity index (χ4v) is 4.77. The summed E-state index contributed by atoms with van der Waals surface area (Å²) in [6.45, 7) is 3.15. The molecule has 0 aliphatic carbocycles. The Kier molecular flexibility index (Phi) is 5.35. The third-order valence-corrected chi connectivity index (χ3v) is 6.48. The maximum absolute atomic E-state index is 9.93. The second-order valence-corrected chi connectivity index (χ2v) is 8.49. The SMILES string of the molecule is CN1CCC([C@@H]2CCNc3c(C#N)c(-c4ccc(Oc5ccccc5)cc4)nn32)CC1. The van der Waals surface area contributed by atoms with Gasteiger partial charge in [-0.3, -0.25) is 0 Å². The molecule has 2 aliphatic heterocycles. The number of hydrogen-bond acceptors (Lipinski definition) is 5. The van der Waals surface area contributed by atoms with E-state index in [0.29, 0.717) is 17.5 Å². The van der Waals surface area contributed by atoms with Crippen LogP contribution >= 0.6 is 0 Å². The third-order valence-electron chi connectivity index (χ3n) is 6.48. The van der Waals surface area contributed by atoms with Crippen LogP contribution in [0.15, 0.2) is 54.6 Å². The number of nitriles is 1. The van der Waals surface area contributed by atoms with Crippen molar-refractivity contribution in [2.45, 2.75) is 25.3 Å². The van der Waals surface area contributed by atoms with Gasteiger partial charge < -0.3 is 15.0 Å². The molecule has 0 amide bonds. The van der Waals surface area contributed by atoms with Gasteiger partial charge in [0.2, 0.25) is 0 Å². The lowest BCUT2D eigenvalue weighted by molar-refractivity contribution is 0.160. The summed E-state index contributed by atoms with van der Waals surface area (Å²) in [6, 6.07) is 20.3. The summed E-state index contributed by atoms with van der Waals surface area (Å²) in [7, 11) is 2.19. The van der Waals surface area contributed by atoms with Crippen molar-refractivity contribution in [1.82, 2.24) is 14.7 Å². The van der Waals surface area contributed by atoms with Gasteiger partial charge in [-0.15, -0.1) is 0 Å². The lowest BCUT2D eigenvalue weighted by Crippen LogP contribution is -2.37. The van der Waals surface area contributed by atoms with E-state index in [-0.39, 0.29) is 0 Å². The van der Waals surface area contributed by atoms with E-state index in [1.54, 1.807) is 0 Å². The average Bonchev–Trinajstić information content (AvgIpc) is 3.20. The van der Waals surface area contributed by atoms with E-state index in [2.05, 4.69) is 28.0 Å². The van der Waals surface area contributed by atoms with Crippen LogP contribution in [0.4, 0.5) is 5.82 Å². The normalized spacial score (nSPS) is 19.3. The highest BCUT2D eigenvalue weighted by Crippen LogP contribution is 2.39. The minimum Gasteiger partial charge on any atom is -0.457 e. The molecule has 0 radical (unpaired) electrons. The van der Waals surface area contributed by atoms with E-state index < -0.39 is 0 Å². The van der Waals surface area contributed by atoms with E-state index in [1.165, 1.54) is 12.8 Å². The van der Waals surface area contributed by atoms with Crippen LogP contribution in [0.2, 0.25) is 0 Å². The summed E-state index contributed by atoms with van der Waals surface area (Å²) in [4.78, 5) is 2.40. The molecule has 31 heavy (non-hydrogen) atoms. The van der Waals surface area contributed by atoms with Crippen molar-refractivity contribution in [3.05, 3.63) is 60.2 Å². The lowest BCUT2D eigenvalue weighted by Gasteiger charge is -2.37. The highest BCUT2D eigenvalue weighted by atomic mass is 16.5. The zero-order valence-electron chi connectivity index (χ0n) is 17.8. The smallest absolute Gasteiger partial charge is 0.143 e. The number of hydrogen-bond donors (Lipinski definition) is 1. The van der Waals surface area contributed by atoms with Crippen LogP contribution < -0.4 is 10.1 Å². The summed E-state index contributed by atoms with van der Waals surface area (Å²) in [5, 5.41) is 18.3. The molecule has 1 aromatic heterocycles. The molecule has 1 saturated heterocycles. The van der Waals surface area contributed by atoms with Gasteiger partial charge in [-0.05, 0) is 81.7 Å².